The number of pyridine rings is 1. The minimum Gasteiger partial charge on any atom is -0.457 e. The number of allylic oxidation sites excluding steroid dienone is 4. The van der Waals surface area contributed by atoms with Gasteiger partial charge in [0, 0.05) is 24.9 Å². The van der Waals surface area contributed by atoms with E-state index in [1.165, 1.54) is 116 Å². The number of aliphatic hydroxyl groups is 1. The fraction of sp³-hybridized carbons (Fsp3) is 0.699. The Labute approximate surface area is 650 Å². The van der Waals surface area contributed by atoms with Gasteiger partial charge in [0.1, 0.15) is 43.0 Å². The molecule has 1 aromatic carbocycles. The van der Waals surface area contributed by atoms with Gasteiger partial charge < -0.3 is 71.0 Å². The van der Waals surface area contributed by atoms with Gasteiger partial charge in [0.2, 0.25) is 23.3 Å². The maximum Gasteiger partial charge on any atom is 0.355 e. The van der Waals surface area contributed by atoms with Gasteiger partial charge in [-0.05, 0) is 139 Å². The molecule has 25 nitrogen and oxygen atoms in total. The lowest BCUT2D eigenvalue weighted by Crippen LogP contribution is -2.57. The molecule has 1 aromatic heterocycles. The summed E-state index contributed by atoms with van der Waals surface area (Å²) in [6.45, 7) is 9.34. The van der Waals surface area contributed by atoms with Crippen LogP contribution in [0.4, 0.5) is 0 Å². The zero-order valence-electron chi connectivity index (χ0n) is 66.6. The quantitative estimate of drug-likeness (QED) is 0.0106. The van der Waals surface area contributed by atoms with Gasteiger partial charge in [-0.15, -0.1) is 0 Å². The number of cyclic esters (lactones) is 1. The molecule has 0 radical (unpaired) electrons. The first-order valence-corrected chi connectivity index (χ1v) is 42.1. The number of carbonyl (C=O) groups is 8. The summed E-state index contributed by atoms with van der Waals surface area (Å²) in [4.78, 5) is 128. The van der Waals surface area contributed by atoms with Crippen LogP contribution in [0, 0.1) is 0 Å². The monoisotopic (exact) mass is 1540 g/mol. The summed E-state index contributed by atoms with van der Waals surface area (Å²) in [6, 6.07) is 4.33. The van der Waals surface area contributed by atoms with Gasteiger partial charge in [-0.1, -0.05) is 198 Å². The Hall–Kier alpha value is -6.94. The van der Waals surface area contributed by atoms with Crippen LogP contribution in [-0.2, 0) is 102 Å². The Morgan fingerprint density at radius 3 is 1.95 bits per heavy atom. The highest BCUT2D eigenvalue weighted by Crippen LogP contribution is 2.42. The number of esters is 4. The lowest BCUT2D eigenvalue weighted by atomic mass is 9.85. The number of aliphatic hydroxyl groups excluding tert-OH is 1. The van der Waals surface area contributed by atoms with Gasteiger partial charge >= 0.3 is 23.9 Å². The number of benzene rings is 1. The number of rotatable bonds is 57. The predicted molar refractivity (Wildman–Crippen MR) is 424 cm³/mol. The van der Waals surface area contributed by atoms with Crippen LogP contribution in [0.2, 0.25) is 0 Å². The molecule has 3 heterocycles. The molecule has 4 amide bonds. The maximum atomic E-state index is 14.7. The number of nitrogens with zero attached hydrogens (tertiary/aromatic N) is 2. The molecule has 0 fully saturated rings. The average molecular weight is 1550 g/mol. The Bertz CT molecular complexity index is 3340. The number of unbranched alkanes of at least 4 members (excludes halogenated alkanes) is 24. The fourth-order valence-corrected chi connectivity index (χ4v) is 14.4. The van der Waals surface area contributed by atoms with Gasteiger partial charge in [0.25, 0.3) is 11.5 Å². The number of hydrogen-bond donors (Lipinski definition) is 7. The first-order valence-electron chi connectivity index (χ1n) is 40.9. The number of carbonyl (C=O) groups excluding carboxylic acids is 8. The third-order valence-electron chi connectivity index (χ3n) is 20.3. The highest BCUT2D eigenvalue weighted by molar-refractivity contribution is 7.80. The lowest BCUT2D eigenvalue weighted by Gasteiger charge is -2.36. The van der Waals surface area contributed by atoms with E-state index in [9.17, 15) is 52.5 Å². The maximum absolute atomic E-state index is 14.7. The lowest BCUT2D eigenvalue weighted by molar-refractivity contribution is -0.191. The third kappa shape index (κ3) is 33.5. The number of aryl methyl sites for hydroxylation is 1. The normalized spacial score (nSPS) is 17.8. The van der Waals surface area contributed by atoms with Gasteiger partial charge in [0.15, 0.2) is 17.2 Å². The van der Waals surface area contributed by atoms with Crippen LogP contribution in [0.5, 0.6) is 0 Å². The van der Waals surface area contributed by atoms with E-state index in [1.54, 1.807) is 23.6 Å². The SMILES string of the molecule is CCCCCCCCCCCCC/C=C/[C@@H](OC(=O)CCC(=O)OC(C)C(=O)NC(C)C(=O)NC(CC(N)O)C(=O)NC(CCCCN)C(=O)O[C@]1(CC)C(=O)OCc2c1cc1n(c2=O)CC2=C/c3ccccc3CCC\C=C\21)[C@H](COS(=O)COCCN(C)C)NC(=O)CCCCCCCCCCCCCCC. The van der Waals surface area contributed by atoms with Crippen molar-refractivity contribution in [2.75, 3.05) is 46.3 Å². The van der Waals surface area contributed by atoms with E-state index in [4.69, 9.17) is 39.3 Å². The number of ether oxygens (including phenoxy) is 5. The number of hydrogen-bond acceptors (Lipinski definition) is 20. The molecule has 109 heavy (non-hydrogen) atoms. The summed E-state index contributed by atoms with van der Waals surface area (Å²) in [6.07, 6.45) is 33.5. The van der Waals surface area contributed by atoms with Crippen molar-refractivity contribution in [2.45, 2.75) is 327 Å². The van der Waals surface area contributed by atoms with Crippen LogP contribution < -0.4 is 38.3 Å². The predicted octanol–water partition coefficient (Wildman–Crippen LogP) is 11.2. The summed E-state index contributed by atoms with van der Waals surface area (Å²) >= 11 is -1.92. The van der Waals surface area contributed by atoms with E-state index in [1.807, 2.05) is 43.3 Å². The second-order valence-corrected chi connectivity index (χ2v) is 30.8. The first kappa shape index (κ1) is 92.7. The number of likely N-dealkylation sites (N-methyl/N-ethyl adjacent to an activating group) is 1. The van der Waals surface area contributed by atoms with Crippen molar-refractivity contribution >= 4 is 70.2 Å². The van der Waals surface area contributed by atoms with E-state index in [-0.39, 0.29) is 68.5 Å². The molecule has 2 aliphatic heterocycles. The fourth-order valence-electron chi connectivity index (χ4n) is 13.8. The van der Waals surface area contributed by atoms with E-state index in [2.05, 4.69) is 53.3 Å². The first-order chi connectivity index (χ1) is 52.5. The molecular formula is C83H132N8O17S. The zero-order valence-corrected chi connectivity index (χ0v) is 67.4. The molecule has 0 spiro atoms. The van der Waals surface area contributed by atoms with Crippen molar-refractivity contribution < 1.29 is 75.5 Å². The van der Waals surface area contributed by atoms with E-state index in [0.29, 0.717) is 50.9 Å². The molecule has 0 saturated heterocycles. The summed E-state index contributed by atoms with van der Waals surface area (Å²) in [5.41, 5.74) is 13.9. The second-order valence-electron chi connectivity index (χ2n) is 29.7. The van der Waals surface area contributed by atoms with Gasteiger partial charge in [0.05, 0.1) is 49.9 Å². The van der Waals surface area contributed by atoms with Gasteiger partial charge in [-0.25, -0.2) is 13.8 Å². The molecule has 9 atom stereocenters. The van der Waals surface area contributed by atoms with Crippen LogP contribution in [-0.4, -0.2) is 155 Å². The molecule has 1 aliphatic carbocycles. The van der Waals surface area contributed by atoms with E-state index < -0.39 is 126 Å². The molecule has 6 unspecified atom stereocenters. The van der Waals surface area contributed by atoms with Gasteiger partial charge in [-0.2, -0.15) is 0 Å². The largest absolute Gasteiger partial charge is 0.457 e. The van der Waals surface area contributed by atoms with Crippen LogP contribution >= 0.6 is 0 Å². The number of fused-ring (bicyclic) bond motifs is 5. The highest BCUT2D eigenvalue weighted by atomic mass is 32.2. The minimum absolute atomic E-state index is 0.0555. The smallest absolute Gasteiger partial charge is 0.355 e. The Kier molecular flexibility index (Phi) is 44.5. The second kappa shape index (κ2) is 52.3. The molecule has 2 aromatic rings. The van der Waals surface area contributed by atoms with Crippen molar-refractivity contribution in [3.8, 4) is 0 Å². The third-order valence-corrected chi connectivity index (χ3v) is 21.1. The number of amides is 4. The Morgan fingerprint density at radius 2 is 1.34 bits per heavy atom. The molecule has 5 rings (SSSR count). The van der Waals surface area contributed by atoms with Crippen LogP contribution in [0.3, 0.4) is 0 Å². The average Bonchev–Trinajstić information content (AvgIpc) is 1.69. The summed E-state index contributed by atoms with van der Waals surface area (Å²) in [7, 11) is 3.78. The minimum atomic E-state index is -2.12. The van der Waals surface area contributed by atoms with Crippen LogP contribution in [0.1, 0.15) is 287 Å². The number of nitrogens with two attached hydrogens (primary N) is 2. The molecule has 0 bridgehead atoms. The van der Waals surface area contributed by atoms with Crippen molar-refractivity contribution in [3.05, 3.63) is 92.4 Å². The highest BCUT2D eigenvalue weighted by Gasteiger charge is 2.51. The van der Waals surface area contributed by atoms with E-state index in [0.717, 1.165) is 80.9 Å². The summed E-state index contributed by atoms with van der Waals surface area (Å²) < 4.78 is 49.4. The molecule has 3 aliphatic rings. The topological polar surface area (TPSA) is 355 Å². The van der Waals surface area contributed by atoms with Crippen molar-refractivity contribution in [1.82, 2.24) is 30.7 Å². The Balaban J connectivity index is 1.21. The number of aromatic nitrogens is 1. The Morgan fingerprint density at radius 1 is 0.734 bits per heavy atom. The summed E-state index contributed by atoms with van der Waals surface area (Å²) in [5, 5.41) is 20.9. The molecule has 9 N–H and O–H groups in total. The number of nitrogens with one attached hydrogen (secondary N) is 4. The molecule has 612 valence electrons. The molecular weight excluding hydrogens is 1410 g/mol. The molecule has 0 saturated carbocycles. The van der Waals surface area contributed by atoms with Crippen molar-refractivity contribution in [2.24, 2.45) is 11.5 Å². The van der Waals surface area contributed by atoms with Crippen molar-refractivity contribution in [3.63, 3.8) is 0 Å². The molecule has 26 heteroatoms. The van der Waals surface area contributed by atoms with Crippen molar-refractivity contribution in [1.29, 1.82) is 0 Å². The summed E-state index contributed by atoms with van der Waals surface area (Å²) in [5.74, 6) is -7.14. The van der Waals surface area contributed by atoms with E-state index >= 15 is 0 Å². The van der Waals surface area contributed by atoms with Crippen LogP contribution in [0.15, 0.2) is 58.9 Å². The van der Waals surface area contributed by atoms with Crippen LogP contribution in [0.25, 0.3) is 11.6 Å². The zero-order chi connectivity index (χ0) is 79.4. The standard InChI is InChI=1S/C83H132N8O17S/c1-8-11-13-15-17-19-21-23-25-27-29-31-33-46-72(70(58-105-109(102)59-103-52-51-90(6)7)87-74(93)47-34-32-30-28-26-24-22-20-18-16-14-12-9-2)107-76(95)49-48-75(94)106-61(5)78(97)86-60(4)77(96)89-69(55-73(85)92)79(98)88-68(45-39-40-50-84)81(100)108-83(10-3)67-54-71-65-44-38-37-42-62-41-35-36-43-63(62)53-64(65)56-91(71)80(99)66(67)57-104-82(83)101/h33,35-36,41,43-44,46,53-54,60-61,68-70,72-73,92H,8-32,34,37-40,42,45,47-52,55-59,84-85H2,1-7H3,(H,86,97)(H,87,93)(H,88,98)(H,89,96)/b46-33+,64-53-,65-44-/t60?,61?,68?,69?,70-,72+,73?,83-,109?/m0/s1. The van der Waals surface area contributed by atoms with Gasteiger partial charge in [-0.3, -0.25) is 37.7 Å².